The summed E-state index contributed by atoms with van der Waals surface area (Å²) in [4.78, 5) is 43.2. The fraction of sp³-hybridized carbons (Fsp3) is 0.421. The summed E-state index contributed by atoms with van der Waals surface area (Å²) in [6.07, 6.45) is 1.64. The number of thiocarbonyl (C=S) groups is 1. The van der Waals surface area contributed by atoms with Crippen LogP contribution in [0.5, 0.6) is 0 Å². The van der Waals surface area contributed by atoms with Crippen molar-refractivity contribution in [3.63, 3.8) is 0 Å². The first-order valence-electron chi connectivity index (χ1n) is 9.30. The molecule has 1 N–H and O–H groups in total. The zero-order valence-electron chi connectivity index (χ0n) is 16.0. The molecule has 4 rings (SSSR count). The Balaban J connectivity index is 1.89. The smallest absolute Gasteiger partial charge is 0.269 e. The number of benzene rings is 1. The maximum absolute atomic E-state index is 13.7. The predicted molar refractivity (Wildman–Crippen MR) is 111 cm³/mol. The van der Waals surface area contributed by atoms with Gasteiger partial charge in [0.1, 0.15) is 0 Å². The summed E-state index contributed by atoms with van der Waals surface area (Å²) in [6, 6.07) is 4.25. The Hall–Kier alpha value is -2.85. The van der Waals surface area contributed by atoms with E-state index in [-0.39, 0.29) is 29.7 Å². The van der Waals surface area contributed by atoms with Crippen LogP contribution in [-0.4, -0.2) is 70.9 Å². The largest absolute Gasteiger partial charge is 0.364 e. The molecule has 2 saturated heterocycles. The second-order valence-corrected chi connectivity index (χ2v) is 8.04. The lowest BCUT2D eigenvalue weighted by Crippen LogP contribution is -2.75. The molecule has 0 aliphatic carbocycles. The quantitative estimate of drug-likeness (QED) is 0.255. The number of hydrogen-bond donors (Lipinski definition) is 1. The van der Waals surface area contributed by atoms with Gasteiger partial charge in [0, 0.05) is 50.4 Å². The molecule has 3 aliphatic rings. The number of nitro groups is 1. The van der Waals surface area contributed by atoms with Crippen LogP contribution in [0.25, 0.3) is 0 Å². The molecule has 2 atom stereocenters. The van der Waals surface area contributed by atoms with E-state index in [0.717, 1.165) is 12.2 Å². The van der Waals surface area contributed by atoms with Crippen LogP contribution >= 0.6 is 12.2 Å². The van der Waals surface area contributed by atoms with Crippen molar-refractivity contribution in [2.24, 2.45) is 5.41 Å². The van der Waals surface area contributed by atoms with Crippen LogP contribution in [0.2, 0.25) is 0 Å². The van der Waals surface area contributed by atoms with E-state index in [1.807, 2.05) is 11.9 Å². The van der Waals surface area contributed by atoms with E-state index in [4.69, 9.17) is 12.2 Å². The predicted octanol–water partition coefficient (Wildman–Crippen LogP) is 0.687. The highest BCUT2D eigenvalue weighted by atomic mass is 32.1. The van der Waals surface area contributed by atoms with E-state index < -0.39 is 22.3 Å². The number of carbonyl (C=O) groups is 2. The van der Waals surface area contributed by atoms with Crippen molar-refractivity contribution in [1.29, 1.82) is 0 Å². The molecule has 29 heavy (non-hydrogen) atoms. The van der Waals surface area contributed by atoms with E-state index >= 15 is 0 Å². The van der Waals surface area contributed by atoms with Crippen LogP contribution in [0.3, 0.4) is 0 Å². The number of non-ortho nitro benzene ring substituents is 1. The topological polar surface area (TPSA) is 99.0 Å². The Labute approximate surface area is 173 Å². The number of nitro benzene ring substituents is 1. The fourth-order valence-electron chi connectivity index (χ4n) is 4.61. The average molecular weight is 415 g/mol. The first-order valence-corrected chi connectivity index (χ1v) is 9.71. The van der Waals surface area contributed by atoms with Gasteiger partial charge >= 0.3 is 0 Å². The molecule has 10 heteroatoms. The van der Waals surface area contributed by atoms with Gasteiger partial charge in [-0.3, -0.25) is 24.6 Å². The molecule has 2 fully saturated rings. The fourth-order valence-corrected chi connectivity index (χ4v) is 4.86. The van der Waals surface area contributed by atoms with Crippen LogP contribution < -0.4 is 10.2 Å². The number of nitrogens with one attached hydrogen (secondary N) is 1. The van der Waals surface area contributed by atoms with Crippen LogP contribution in [0, 0.1) is 15.5 Å². The summed E-state index contributed by atoms with van der Waals surface area (Å²) in [5.74, 6) is -0.830. The number of carbonyl (C=O) groups excluding carboxylic acids is 2. The molecule has 0 bridgehead atoms. The monoisotopic (exact) mass is 415 g/mol. The third-order valence-corrected chi connectivity index (χ3v) is 6.34. The van der Waals surface area contributed by atoms with Gasteiger partial charge in [0.05, 0.1) is 11.0 Å². The Morgan fingerprint density at radius 2 is 2.17 bits per heavy atom. The molecule has 0 aromatic heterocycles. The van der Waals surface area contributed by atoms with Gasteiger partial charge in [0.25, 0.3) is 5.69 Å². The SMILES string of the molecule is C=CCN1C(=O)[C@@]2(Cc3cc([N+](=O)[O-])ccc3N3CCN(C)C[C@H]32)C(=O)NC1=S. The van der Waals surface area contributed by atoms with Crippen molar-refractivity contribution in [2.45, 2.75) is 12.5 Å². The van der Waals surface area contributed by atoms with Crippen molar-refractivity contribution < 1.29 is 14.5 Å². The van der Waals surface area contributed by atoms with Crippen molar-refractivity contribution in [1.82, 2.24) is 15.1 Å². The minimum absolute atomic E-state index is 0.0612. The van der Waals surface area contributed by atoms with Crippen LogP contribution in [0.1, 0.15) is 5.56 Å². The second-order valence-electron chi connectivity index (χ2n) is 7.65. The molecule has 3 aliphatic heterocycles. The molecule has 0 radical (unpaired) electrons. The highest BCUT2D eigenvalue weighted by molar-refractivity contribution is 7.80. The Kier molecular flexibility index (Phi) is 4.62. The summed E-state index contributed by atoms with van der Waals surface area (Å²) in [5.41, 5.74) is -0.0192. The lowest BCUT2D eigenvalue weighted by Gasteiger charge is -2.55. The van der Waals surface area contributed by atoms with Crippen LogP contribution in [-0.2, 0) is 16.0 Å². The summed E-state index contributed by atoms with van der Waals surface area (Å²) in [6.45, 7) is 5.75. The normalized spacial score (nSPS) is 26.8. The van der Waals surface area contributed by atoms with E-state index in [1.165, 1.54) is 17.0 Å². The number of fused-ring (bicyclic) bond motifs is 4. The zero-order chi connectivity index (χ0) is 20.9. The lowest BCUT2D eigenvalue weighted by atomic mass is 9.67. The molecule has 0 saturated carbocycles. The van der Waals surface area contributed by atoms with Gasteiger partial charge in [-0.05, 0) is 30.9 Å². The number of nitrogens with zero attached hydrogens (tertiary/aromatic N) is 4. The van der Waals surface area contributed by atoms with Crippen LogP contribution in [0.4, 0.5) is 11.4 Å². The Morgan fingerprint density at radius 3 is 2.86 bits per heavy atom. The number of likely N-dealkylation sites (N-methyl/N-ethyl adjacent to an activating group) is 1. The molecule has 1 aromatic carbocycles. The lowest BCUT2D eigenvalue weighted by molar-refractivity contribution is -0.384. The van der Waals surface area contributed by atoms with Gasteiger partial charge in [-0.2, -0.15) is 0 Å². The molecule has 1 aromatic rings. The number of hydrogen-bond acceptors (Lipinski definition) is 7. The van der Waals surface area contributed by atoms with Gasteiger partial charge in [0.2, 0.25) is 11.8 Å². The minimum atomic E-state index is -1.41. The maximum atomic E-state index is 13.7. The highest BCUT2D eigenvalue weighted by Crippen LogP contribution is 2.46. The molecule has 152 valence electrons. The molecule has 2 amide bonds. The first kappa shape index (κ1) is 19.5. The Morgan fingerprint density at radius 1 is 1.41 bits per heavy atom. The van der Waals surface area contributed by atoms with Crippen molar-refractivity contribution in [3.05, 3.63) is 46.5 Å². The summed E-state index contributed by atoms with van der Waals surface area (Å²) in [7, 11) is 1.95. The van der Waals surface area contributed by atoms with Gasteiger partial charge in [-0.15, -0.1) is 6.58 Å². The summed E-state index contributed by atoms with van der Waals surface area (Å²) in [5, 5.41) is 14.0. The zero-order valence-corrected chi connectivity index (χ0v) is 16.8. The van der Waals surface area contributed by atoms with E-state index in [0.29, 0.717) is 18.7 Å². The number of piperazine rings is 1. The van der Waals surface area contributed by atoms with Gasteiger partial charge in [-0.25, -0.2) is 0 Å². The van der Waals surface area contributed by atoms with E-state index in [2.05, 4.69) is 16.8 Å². The van der Waals surface area contributed by atoms with Gasteiger partial charge in [-0.1, -0.05) is 6.08 Å². The number of anilines is 1. The molecular formula is C19H21N5O4S. The molecule has 1 spiro atoms. The number of rotatable bonds is 3. The van der Waals surface area contributed by atoms with Crippen molar-refractivity contribution >= 4 is 40.5 Å². The summed E-state index contributed by atoms with van der Waals surface area (Å²) >= 11 is 5.21. The molecule has 9 nitrogen and oxygen atoms in total. The van der Waals surface area contributed by atoms with Crippen molar-refractivity contribution in [2.75, 3.05) is 38.1 Å². The van der Waals surface area contributed by atoms with Gasteiger partial charge < -0.3 is 15.1 Å². The molecule has 3 heterocycles. The number of amides is 2. The first-order chi connectivity index (χ1) is 13.8. The average Bonchev–Trinajstić information content (AvgIpc) is 2.68. The third kappa shape index (κ3) is 2.82. The maximum Gasteiger partial charge on any atom is 0.269 e. The molecule has 0 unspecified atom stereocenters. The second kappa shape index (κ2) is 6.89. The van der Waals surface area contributed by atoms with E-state index in [9.17, 15) is 19.7 Å². The Bertz CT molecular complexity index is 951. The van der Waals surface area contributed by atoms with Gasteiger partial charge in [0.15, 0.2) is 10.5 Å². The van der Waals surface area contributed by atoms with E-state index in [1.54, 1.807) is 12.1 Å². The standard InChI is InChI=1S/C19H21N5O4S/c1-3-6-23-17(26)19(16(25)20-18(23)29)10-12-9-13(24(27)28)4-5-14(12)22-8-7-21(2)11-15(19)22/h3-5,9,15H,1,6-8,10-11H2,2H3,(H,20,25,29)/t15-,19+/m0/s1. The third-order valence-electron chi connectivity index (χ3n) is 6.01. The summed E-state index contributed by atoms with van der Waals surface area (Å²) < 4.78 is 0. The van der Waals surface area contributed by atoms with Crippen molar-refractivity contribution in [3.8, 4) is 0 Å². The minimum Gasteiger partial charge on any atom is -0.364 e. The highest BCUT2D eigenvalue weighted by Gasteiger charge is 2.61. The van der Waals surface area contributed by atoms with Crippen LogP contribution in [0.15, 0.2) is 30.9 Å². The molecular weight excluding hydrogens is 394 g/mol.